The third kappa shape index (κ3) is 3.90. The van der Waals surface area contributed by atoms with Crippen molar-refractivity contribution in [3.05, 3.63) is 111 Å². The quantitative estimate of drug-likeness (QED) is 0.259. The summed E-state index contributed by atoms with van der Waals surface area (Å²) in [6, 6.07) is 27.6. The molecule has 0 spiro atoms. The number of aromatic nitrogens is 2. The molecule has 6 rings (SSSR count). The largest absolute Gasteiger partial charge is 0.488 e. The minimum atomic E-state index is -0.198. The predicted octanol–water partition coefficient (Wildman–Crippen LogP) is 7.94. The number of hydrogen-bond acceptors (Lipinski definition) is 3. The highest BCUT2D eigenvalue weighted by atomic mass is 79.9. The Labute approximate surface area is 213 Å². The molecule has 2 heterocycles. The smallest absolute Gasteiger partial charge is 0.151 e. The zero-order chi connectivity index (χ0) is 24.1. The van der Waals surface area contributed by atoms with Crippen molar-refractivity contribution in [3.8, 4) is 17.0 Å². The molecule has 174 valence electrons. The van der Waals surface area contributed by atoms with Crippen molar-refractivity contribution < 1.29 is 4.74 Å². The lowest BCUT2D eigenvalue weighted by Gasteiger charge is -2.32. The lowest BCUT2D eigenvalue weighted by molar-refractivity contribution is 0.300. The van der Waals surface area contributed by atoms with Crippen molar-refractivity contribution in [3.63, 3.8) is 0 Å². The van der Waals surface area contributed by atoms with Gasteiger partial charge in [0.1, 0.15) is 12.4 Å². The topological polar surface area (TPSA) is 39.1 Å². The van der Waals surface area contributed by atoms with Gasteiger partial charge in [0.25, 0.3) is 0 Å². The molecule has 4 aromatic carbocycles. The molecule has 1 unspecified atom stereocenters. The Kier molecular flexibility index (Phi) is 5.37. The molecule has 0 bridgehead atoms. The SMILES string of the molecule is Cc1cc(C)c2c(c1)-c1cc(C)nn1C(c1c(OCc3cccc(Br)c3)ccc3ccccc13)N2. The van der Waals surface area contributed by atoms with Crippen LogP contribution in [0.5, 0.6) is 5.75 Å². The van der Waals surface area contributed by atoms with Gasteiger partial charge < -0.3 is 10.1 Å². The molecule has 1 aromatic heterocycles. The average molecular weight is 524 g/mol. The van der Waals surface area contributed by atoms with Gasteiger partial charge in [0.05, 0.1) is 11.4 Å². The molecule has 5 aromatic rings. The number of anilines is 1. The van der Waals surface area contributed by atoms with Crippen LogP contribution in [-0.4, -0.2) is 9.78 Å². The Hall–Kier alpha value is -3.57. The number of aryl methyl sites for hydroxylation is 3. The van der Waals surface area contributed by atoms with Crippen LogP contribution in [0.25, 0.3) is 22.0 Å². The molecule has 4 nitrogen and oxygen atoms in total. The van der Waals surface area contributed by atoms with E-state index in [9.17, 15) is 0 Å². The molecule has 1 N–H and O–H groups in total. The maximum Gasteiger partial charge on any atom is 0.151 e. The highest BCUT2D eigenvalue weighted by Crippen LogP contribution is 2.44. The summed E-state index contributed by atoms with van der Waals surface area (Å²) in [5.41, 5.74) is 9.14. The van der Waals surface area contributed by atoms with Crippen LogP contribution >= 0.6 is 15.9 Å². The van der Waals surface area contributed by atoms with Crippen LogP contribution in [0.1, 0.15) is 34.1 Å². The molecule has 1 atom stereocenters. The van der Waals surface area contributed by atoms with E-state index < -0.39 is 0 Å². The summed E-state index contributed by atoms with van der Waals surface area (Å²) in [7, 11) is 0. The fourth-order valence-electron chi connectivity index (χ4n) is 5.14. The summed E-state index contributed by atoms with van der Waals surface area (Å²) in [5, 5.41) is 11.1. The first-order valence-electron chi connectivity index (χ1n) is 11.8. The van der Waals surface area contributed by atoms with E-state index in [2.05, 4.69) is 113 Å². The van der Waals surface area contributed by atoms with E-state index in [-0.39, 0.29) is 6.17 Å². The van der Waals surface area contributed by atoms with Crippen molar-refractivity contribution in [1.29, 1.82) is 0 Å². The van der Waals surface area contributed by atoms with Crippen molar-refractivity contribution >= 4 is 32.4 Å². The minimum Gasteiger partial charge on any atom is -0.488 e. The van der Waals surface area contributed by atoms with E-state index in [0.717, 1.165) is 43.8 Å². The van der Waals surface area contributed by atoms with Gasteiger partial charge in [-0.15, -0.1) is 0 Å². The first kappa shape index (κ1) is 21.9. The third-order valence-electron chi connectivity index (χ3n) is 6.63. The number of rotatable bonds is 4. The standard InChI is InChI=1S/C30H26BrN3O/c1-18-13-19(2)29-25(14-18)26-15-20(3)33-34(26)30(32-29)28-24-10-5-4-8-22(24)11-12-27(28)35-17-21-7-6-9-23(31)16-21/h4-16,30,32H,17H2,1-3H3. The summed E-state index contributed by atoms with van der Waals surface area (Å²) >= 11 is 3.57. The fraction of sp³-hybridized carbons (Fsp3) is 0.167. The van der Waals surface area contributed by atoms with Gasteiger partial charge in [0, 0.05) is 21.3 Å². The Morgan fingerprint density at radius 2 is 1.80 bits per heavy atom. The molecule has 0 saturated carbocycles. The normalized spacial score (nSPS) is 14.3. The minimum absolute atomic E-state index is 0.198. The number of halogens is 1. The van der Waals surface area contributed by atoms with Crippen LogP contribution in [0.4, 0.5) is 5.69 Å². The van der Waals surface area contributed by atoms with E-state index in [0.29, 0.717) is 6.61 Å². The van der Waals surface area contributed by atoms with E-state index in [1.807, 2.05) is 12.1 Å². The molecule has 5 heteroatoms. The highest BCUT2D eigenvalue weighted by molar-refractivity contribution is 9.10. The number of nitrogens with zero attached hydrogens (tertiary/aromatic N) is 2. The van der Waals surface area contributed by atoms with Gasteiger partial charge in [-0.25, -0.2) is 4.68 Å². The number of fused-ring (bicyclic) bond motifs is 4. The van der Waals surface area contributed by atoms with Crippen molar-refractivity contribution in [2.45, 2.75) is 33.5 Å². The lowest BCUT2D eigenvalue weighted by atomic mass is 9.95. The van der Waals surface area contributed by atoms with Gasteiger partial charge >= 0.3 is 0 Å². The van der Waals surface area contributed by atoms with Crippen LogP contribution in [0.2, 0.25) is 0 Å². The molecular weight excluding hydrogens is 498 g/mol. The Morgan fingerprint density at radius 3 is 2.66 bits per heavy atom. The number of nitrogens with one attached hydrogen (secondary N) is 1. The second-order valence-corrected chi connectivity index (χ2v) is 10.2. The molecule has 0 amide bonds. The Balaban J connectivity index is 1.52. The molecule has 0 fully saturated rings. The maximum atomic E-state index is 6.50. The van der Waals surface area contributed by atoms with E-state index in [1.165, 1.54) is 22.1 Å². The lowest BCUT2D eigenvalue weighted by Crippen LogP contribution is -2.27. The van der Waals surface area contributed by atoms with E-state index in [1.54, 1.807) is 0 Å². The van der Waals surface area contributed by atoms with Crippen LogP contribution in [0.3, 0.4) is 0 Å². The van der Waals surface area contributed by atoms with Gasteiger partial charge in [0.15, 0.2) is 6.17 Å². The zero-order valence-electron chi connectivity index (χ0n) is 20.0. The van der Waals surface area contributed by atoms with E-state index in [4.69, 9.17) is 9.84 Å². The van der Waals surface area contributed by atoms with E-state index >= 15 is 0 Å². The molecule has 0 aliphatic carbocycles. The fourth-order valence-corrected chi connectivity index (χ4v) is 5.59. The van der Waals surface area contributed by atoms with Crippen molar-refractivity contribution in [2.75, 3.05) is 5.32 Å². The molecule has 1 aliphatic rings. The van der Waals surface area contributed by atoms with Crippen LogP contribution in [0, 0.1) is 20.8 Å². The number of hydrogen-bond donors (Lipinski definition) is 1. The third-order valence-corrected chi connectivity index (χ3v) is 7.12. The molecule has 0 saturated heterocycles. The summed E-state index contributed by atoms with van der Waals surface area (Å²) in [6.45, 7) is 6.85. The Morgan fingerprint density at radius 1 is 0.943 bits per heavy atom. The van der Waals surface area contributed by atoms with Gasteiger partial charge in [0.2, 0.25) is 0 Å². The van der Waals surface area contributed by atoms with Gasteiger partial charge in [-0.2, -0.15) is 5.10 Å². The van der Waals surface area contributed by atoms with Crippen molar-refractivity contribution in [2.24, 2.45) is 0 Å². The molecular formula is C30H26BrN3O. The monoisotopic (exact) mass is 523 g/mol. The van der Waals surface area contributed by atoms with Gasteiger partial charge in [-0.1, -0.05) is 70.0 Å². The van der Waals surface area contributed by atoms with Gasteiger partial charge in [-0.3, -0.25) is 0 Å². The molecule has 0 radical (unpaired) electrons. The highest BCUT2D eigenvalue weighted by Gasteiger charge is 2.31. The maximum absolute atomic E-state index is 6.50. The summed E-state index contributed by atoms with van der Waals surface area (Å²) in [4.78, 5) is 0. The summed E-state index contributed by atoms with van der Waals surface area (Å²) in [5.74, 6) is 0.855. The zero-order valence-corrected chi connectivity index (χ0v) is 21.6. The first-order chi connectivity index (χ1) is 17.0. The summed E-state index contributed by atoms with van der Waals surface area (Å²) < 4.78 is 9.66. The molecule has 35 heavy (non-hydrogen) atoms. The number of ether oxygens (including phenoxy) is 1. The average Bonchev–Trinajstić information content (AvgIpc) is 3.24. The first-order valence-corrected chi connectivity index (χ1v) is 12.6. The molecule has 1 aliphatic heterocycles. The second-order valence-electron chi connectivity index (χ2n) is 9.28. The number of benzene rings is 4. The summed E-state index contributed by atoms with van der Waals surface area (Å²) in [6.07, 6.45) is -0.198. The Bertz CT molecular complexity index is 1590. The van der Waals surface area contributed by atoms with Crippen LogP contribution < -0.4 is 10.1 Å². The second kappa shape index (κ2) is 8.58. The van der Waals surface area contributed by atoms with Crippen molar-refractivity contribution in [1.82, 2.24) is 9.78 Å². The van der Waals surface area contributed by atoms with Gasteiger partial charge in [-0.05, 0) is 73.0 Å². The van der Waals surface area contributed by atoms with Crippen LogP contribution in [0.15, 0.2) is 83.3 Å². The van der Waals surface area contributed by atoms with Crippen LogP contribution in [-0.2, 0) is 6.61 Å². The predicted molar refractivity (Wildman–Crippen MR) is 146 cm³/mol.